The molecule has 2 aromatic rings. The summed E-state index contributed by atoms with van der Waals surface area (Å²) < 4.78 is 42.3. The maximum atomic E-state index is 12.5. The Morgan fingerprint density at radius 3 is 2.70 bits per heavy atom. The van der Waals surface area contributed by atoms with Gasteiger partial charge >= 0.3 is 12.1 Å². The van der Waals surface area contributed by atoms with Crippen LogP contribution in [0.2, 0.25) is 0 Å². The highest BCUT2D eigenvalue weighted by Crippen LogP contribution is 2.32. The first-order valence-corrected chi connectivity index (χ1v) is 6.34. The van der Waals surface area contributed by atoms with E-state index >= 15 is 0 Å². The van der Waals surface area contributed by atoms with Gasteiger partial charge in [0.15, 0.2) is 5.69 Å². The summed E-state index contributed by atoms with van der Waals surface area (Å²) >= 11 is 1.10. The highest BCUT2D eigenvalue weighted by atomic mass is 32.2. The highest BCUT2D eigenvalue weighted by Gasteiger charge is 2.30. The highest BCUT2D eigenvalue weighted by molar-refractivity contribution is 7.98. The molecule has 0 saturated heterocycles. The zero-order valence-electron chi connectivity index (χ0n) is 9.85. The van der Waals surface area contributed by atoms with E-state index in [4.69, 9.17) is 9.63 Å². The Balaban J connectivity index is 2.05. The number of carboxylic acids is 1. The lowest BCUT2D eigenvalue weighted by atomic mass is 10.2. The second-order valence-corrected chi connectivity index (χ2v) is 4.85. The van der Waals surface area contributed by atoms with E-state index in [1.54, 1.807) is 0 Å². The van der Waals surface area contributed by atoms with E-state index in [1.165, 1.54) is 18.2 Å². The van der Waals surface area contributed by atoms with Gasteiger partial charge in [-0.1, -0.05) is 11.2 Å². The Labute approximate surface area is 115 Å². The van der Waals surface area contributed by atoms with Gasteiger partial charge in [-0.3, -0.25) is 0 Å². The largest absolute Gasteiger partial charge is 0.476 e. The van der Waals surface area contributed by atoms with Crippen LogP contribution in [0.1, 0.15) is 21.8 Å². The summed E-state index contributed by atoms with van der Waals surface area (Å²) in [5.41, 5.74) is -0.962. The average Bonchev–Trinajstić information content (AvgIpc) is 2.85. The normalized spacial score (nSPS) is 11.6. The van der Waals surface area contributed by atoms with Crippen molar-refractivity contribution in [3.63, 3.8) is 0 Å². The summed E-state index contributed by atoms with van der Waals surface area (Å²) in [6, 6.07) is 6.10. The molecule has 0 atom stereocenters. The first kappa shape index (κ1) is 14.4. The lowest BCUT2D eigenvalue weighted by Crippen LogP contribution is -2.04. The van der Waals surface area contributed by atoms with E-state index in [2.05, 4.69) is 5.16 Å². The maximum absolute atomic E-state index is 12.5. The van der Waals surface area contributed by atoms with Crippen LogP contribution in [0.3, 0.4) is 0 Å². The summed E-state index contributed by atoms with van der Waals surface area (Å²) in [5.74, 6) is -0.740. The molecule has 0 bridgehead atoms. The van der Waals surface area contributed by atoms with Crippen molar-refractivity contribution >= 4 is 17.7 Å². The van der Waals surface area contributed by atoms with Gasteiger partial charge in [0.2, 0.25) is 0 Å². The fourth-order valence-electron chi connectivity index (χ4n) is 1.40. The van der Waals surface area contributed by atoms with E-state index in [0.717, 1.165) is 23.9 Å². The number of nitrogens with zero attached hydrogens (tertiary/aromatic N) is 1. The fraction of sp³-hybridized carbons (Fsp3) is 0.167. The van der Waals surface area contributed by atoms with E-state index in [-0.39, 0.29) is 17.2 Å². The van der Waals surface area contributed by atoms with Gasteiger partial charge in [-0.05, 0) is 18.2 Å². The van der Waals surface area contributed by atoms with E-state index in [9.17, 15) is 18.0 Å². The number of aromatic carboxylic acids is 1. The molecule has 0 aliphatic carbocycles. The molecule has 0 spiro atoms. The summed E-state index contributed by atoms with van der Waals surface area (Å²) in [4.78, 5) is 11.0. The number of hydrogen-bond donors (Lipinski definition) is 1. The van der Waals surface area contributed by atoms with Gasteiger partial charge in [-0.25, -0.2) is 4.79 Å². The Kier molecular flexibility index (Phi) is 4.03. The molecule has 20 heavy (non-hydrogen) atoms. The van der Waals surface area contributed by atoms with Crippen molar-refractivity contribution in [1.82, 2.24) is 5.16 Å². The van der Waals surface area contributed by atoms with Gasteiger partial charge in [-0.2, -0.15) is 13.2 Å². The van der Waals surface area contributed by atoms with Gasteiger partial charge in [-0.15, -0.1) is 11.8 Å². The third-order valence-corrected chi connectivity index (χ3v) is 3.34. The second kappa shape index (κ2) is 5.58. The van der Waals surface area contributed by atoms with Crippen LogP contribution in [0.15, 0.2) is 39.8 Å². The lowest BCUT2D eigenvalue weighted by Gasteiger charge is -2.07. The molecule has 0 saturated carbocycles. The van der Waals surface area contributed by atoms with Crippen molar-refractivity contribution in [2.24, 2.45) is 0 Å². The SMILES string of the molecule is O=C(O)c1cc(CSc2cccc(C(F)(F)F)c2)on1. The molecular weight excluding hydrogens is 295 g/mol. The Morgan fingerprint density at radius 1 is 1.35 bits per heavy atom. The number of thioether (sulfide) groups is 1. The van der Waals surface area contributed by atoms with Crippen molar-refractivity contribution in [2.75, 3.05) is 0 Å². The zero-order valence-corrected chi connectivity index (χ0v) is 10.7. The number of aromatic nitrogens is 1. The standard InChI is InChI=1S/C12H8F3NO3S/c13-12(14,15)7-2-1-3-9(4-7)20-6-8-5-10(11(17)18)16-19-8/h1-5H,6H2,(H,17,18). The number of benzene rings is 1. The van der Waals surface area contributed by atoms with Crippen LogP contribution in [-0.2, 0) is 11.9 Å². The number of halogens is 3. The van der Waals surface area contributed by atoms with Gasteiger partial charge in [0.1, 0.15) is 5.76 Å². The van der Waals surface area contributed by atoms with Crippen LogP contribution in [0.5, 0.6) is 0 Å². The number of carboxylic acid groups (broad SMARTS) is 1. The Morgan fingerprint density at radius 2 is 2.10 bits per heavy atom. The second-order valence-electron chi connectivity index (χ2n) is 3.80. The molecular formula is C12H8F3NO3S. The third kappa shape index (κ3) is 3.53. The molecule has 8 heteroatoms. The molecule has 106 valence electrons. The molecule has 1 aromatic heterocycles. The molecule has 0 aliphatic heterocycles. The lowest BCUT2D eigenvalue weighted by molar-refractivity contribution is -0.137. The Bertz CT molecular complexity index is 624. The summed E-state index contributed by atoms with van der Waals surface area (Å²) in [6.45, 7) is 0. The van der Waals surface area contributed by atoms with Gasteiger partial charge < -0.3 is 9.63 Å². The van der Waals surface area contributed by atoms with Gasteiger partial charge in [0.25, 0.3) is 0 Å². The smallest absolute Gasteiger partial charge is 0.416 e. The van der Waals surface area contributed by atoms with E-state index in [0.29, 0.717) is 4.90 Å². The Hall–Kier alpha value is -1.96. The van der Waals surface area contributed by atoms with E-state index < -0.39 is 17.7 Å². The first-order chi connectivity index (χ1) is 9.36. The van der Waals surface area contributed by atoms with Gasteiger partial charge in [0, 0.05) is 11.0 Å². The summed E-state index contributed by atoms with van der Waals surface area (Å²) in [5, 5.41) is 12.0. The molecule has 0 unspecified atom stereocenters. The minimum atomic E-state index is -4.39. The predicted molar refractivity (Wildman–Crippen MR) is 64.5 cm³/mol. The number of hydrogen-bond acceptors (Lipinski definition) is 4. The molecule has 0 fully saturated rings. The van der Waals surface area contributed by atoms with Gasteiger partial charge in [0.05, 0.1) is 11.3 Å². The molecule has 1 heterocycles. The molecule has 2 rings (SSSR count). The molecule has 1 N–H and O–H groups in total. The van der Waals surface area contributed by atoms with Crippen molar-refractivity contribution in [3.05, 3.63) is 47.3 Å². The maximum Gasteiger partial charge on any atom is 0.416 e. The topological polar surface area (TPSA) is 63.3 Å². The number of alkyl halides is 3. The van der Waals surface area contributed by atoms with Crippen LogP contribution in [0.4, 0.5) is 13.2 Å². The van der Waals surface area contributed by atoms with Crippen molar-refractivity contribution in [2.45, 2.75) is 16.8 Å². The third-order valence-electron chi connectivity index (χ3n) is 2.32. The van der Waals surface area contributed by atoms with Crippen LogP contribution < -0.4 is 0 Å². The summed E-state index contributed by atoms with van der Waals surface area (Å²) in [6.07, 6.45) is -4.39. The van der Waals surface area contributed by atoms with Crippen LogP contribution in [0.25, 0.3) is 0 Å². The zero-order chi connectivity index (χ0) is 14.8. The van der Waals surface area contributed by atoms with Crippen molar-refractivity contribution in [1.29, 1.82) is 0 Å². The molecule has 0 amide bonds. The van der Waals surface area contributed by atoms with E-state index in [1.807, 2.05) is 0 Å². The number of carbonyl (C=O) groups is 1. The molecule has 1 aromatic carbocycles. The monoisotopic (exact) mass is 303 g/mol. The van der Waals surface area contributed by atoms with Crippen LogP contribution >= 0.6 is 11.8 Å². The minimum absolute atomic E-state index is 0.196. The number of rotatable bonds is 4. The molecule has 4 nitrogen and oxygen atoms in total. The van der Waals surface area contributed by atoms with Crippen LogP contribution in [-0.4, -0.2) is 16.2 Å². The first-order valence-electron chi connectivity index (χ1n) is 5.35. The summed E-state index contributed by atoms with van der Waals surface area (Å²) in [7, 11) is 0. The molecule has 0 aliphatic rings. The predicted octanol–water partition coefficient (Wildman–Crippen LogP) is 3.68. The molecule has 0 radical (unpaired) electrons. The quantitative estimate of drug-likeness (QED) is 0.873. The minimum Gasteiger partial charge on any atom is -0.476 e. The van der Waals surface area contributed by atoms with Crippen LogP contribution in [0, 0.1) is 0 Å². The average molecular weight is 303 g/mol. The van der Waals surface area contributed by atoms with Crippen molar-refractivity contribution < 1.29 is 27.6 Å². The fourth-order valence-corrected chi connectivity index (χ4v) is 2.23. The van der Waals surface area contributed by atoms with Crippen molar-refractivity contribution in [3.8, 4) is 0 Å².